The molecule has 1 saturated heterocycles. The Morgan fingerprint density at radius 3 is 2.96 bits per heavy atom. The van der Waals surface area contributed by atoms with Crippen LogP contribution in [0.5, 0.6) is 5.75 Å². The van der Waals surface area contributed by atoms with Crippen LogP contribution in [-0.2, 0) is 0 Å². The standard InChI is InChI=1S/C19H20N4O3/c1-26-15-9-5-10-20-17(15)22-19(25)21-13-7-4-6-12-16(13)14-8-2-3-11-23(14)18(12)24/h4-7,9-10,14H,2-3,8,11H2,1H3,(H2,20,21,22,25). The average molecular weight is 352 g/mol. The largest absolute Gasteiger partial charge is 0.493 e. The highest BCUT2D eigenvalue weighted by Gasteiger charge is 2.39. The molecular formula is C19H20N4O3. The molecule has 2 N–H and O–H groups in total. The number of carbonyl (C=O) groups excluding carboxylic acids is 2. The average Bonchev–Trinajstić information content (AvgIpc) is 2.96. The maximum Gasteiger partial charge on any atom is 0.324 e. The van der Waals surface area contributed by atoms with E-state index in [1.54, 1.807) is 24.4 Å². The van der Waals surface area contributed by atoms with Gasteiger partial charge >= 0.3 is 6.03 Å². The van der Waals surface area contributed by atoms with E-state index in [2.05, 4.69) is 15.6 Å². The zero-order chi connectivity index (χ0) is 18.1. The number of hydrogen-bond acceptors (Lipinski definition) is 4. The molecule has 7 nitrogen and oxygen atoms in total. The van der Waals surface area contributed by atoms with Crippen LogP contribution in [0.3, 0.4) is 0 Å². The van der Waals surface area contributed by atoms with Gasteiger partial charge in [-0.25, -0.2) is 9.78 Å². The molecule has 0 spiro atoms. The molecule has 134 valence electrons. The van der Waals surface area contributed by atoms with Gasteiger partial charge in [0, 0.05) is 29.6 Å². The van der Waals surface area contributed by atoms with E-state index in [1.807, 2.05) is 17.0 Å². The lowest BCUT2D eigenvalue weighted by molar-refractivity contribution is 0.0672. The van der Waals surface area contributed by atoms with Crippen LogP contribution < -0.4 is 15.4 Å². The van der Waals surface area contributed by atoms with Crippen LogP contribution in [0.25, 0.3) is 0 Å². The van der Waals surface area contributed by atoms with Crippen LogP contribution in [0.1, 0.15) is 41.2 Å². The van der Waals surface area contributed by atoms with E-state index in [1.165, 1.54) is 7.11 Å². The molecule has 1 fully saturated rings. The second-order valence-corrected chi connectivity index (χ2v) is 6.41. The van der Waals surface area contributed by atoms with E-state index in [4.69, 9.17) is 4.74 Å². The fraction of sp³-hybridized carbons (Fsp3) is 0.316. The number of piperidine rings is 1. The smallest absolute Gasteiger partial charge is 0.324 e. The van der Waals surface area contributed by atoms with Gasteiger partial charge in [-0.05, 0) is 43.5 Å². The summed E-state index contributed by atoms with van der Waals surface area (Å²) in [7, 11) is 1.52. The number of pyridine rings is 1. The summed E-state index contributed by atoms with van der Waals surface area (Å²) in [5, 5.41) is 5.57. The van der Waals surface area contributed by atoms with Crippen LogP contribution in [0, 0.1) is 0 Å². The number of anilines is 2. The highest BCUT2D eigenvalue weighted by Crippen LogP contribution is 2.43. The number of benzene rings is 1. The third kappa shape index (κ3) is 2.75. The fourth-order valence-electron chi connectivity index (χ4n) is 3.76. The highest BCUT2D eigenvalue weighted by atomic mass is 16.5. The van der Waals surface area contributed by atoms with Gasteiger partial charge in [0.15, 0.2) is 11.6 Å². The predicted octanol–water partition coefficient (Wildman–Crippen LogP) is 3.42. The first-order valence-corrected chi connectivity index (χ1v) is 8.70. The second kappa shape index (κ2) is 6.67. The third-order valence-electron chi connectivity index (χ3n) is 4.90. The summed E-state index contributed by atoms with van der Waals surface area (Å²) in [5.41, 5.74) is 2.27. The molecule has 1 atom stereocenters. The number of methoxy groups -OCH3 is 1. The van der Waals surface area contributed by atoms with Gasteiger partial charge in [-0.1, -0.05) is 6.07 Å². The van der Waals surface area contributed by atoms with Gasteiger partial charge in [0.1, 0.15) is 0 Å². The Bertz CT molecular complexity index is 868. The summed E-state index contributed by atoms with van der Waals surface area (Å²) in [6.07, 6.45) is 4.61. The van der Waals surface area contributed by atoms with Crippen LogP contribution in [0.4, 0.5) is 16.3 Å². The van der Waals surface area contributed by atoms with Gasteiger partial charge < -0.3 is 15.0 Å². The SMILES string of the molecule is COc1cccnc1NC(=O)Nc1cccc2c1C1CCCCN1C2=O. The number of urea groups is 1. The summed E-state index contributed by atoms with van der Waals surface area (Å²) in [6, 6.07) is 8.55. The summed E-state index contributed by atoms with van der Waals surface area (Å²) in [4.78, 5) is 31.1. The number of nitrogens with zero attached hydrogens (tertiary/aromatic N) is 2. The molecule has 4 rings (SSSR count). The van der Waals surface area contributed by atoms with Crippen molar-refractivity contribution in [1.29, 1.82) is 0 Å². The predicted molar refractivity (Wildman–Crippen MR) is 97.5 cm³/mol. The van der Waals surface area contributed by atoms with E-state index >= 15 is 0 Å². The first-order chi connectivity index (χ1) is 12.7. The monoisotopic (exact) mass is 352 g/mol. The lowest BCUT2D eigenvalue weighted by atomic mass is 9.96. The number of hydrogen-bond donors (Lipinski definition) is 2. The van der Waals surface area contributed by atoms with Gasteiger partial charge in [0.2, 0.25) is 0 Å². The first-order valence-electron chi connectivity index (χ1n) is 8.70. The fourth-order valence-corrected chi connectivity index (χ4v) is 3.76. The van der Waals surface area contributed by atoms with E-state index in [-0.39, 0.29) is 11.9 Å². The van der Waals surface area contributed by atoms with E-state index < -0.39 is 6.03 Å². The Morgan fingerprint density at radius 2 is 2.12 bits per heavy atom. The van der Waals surface area contributed by atoms with Crippen LogP contribution in [-0.4, -0.2) is 35.5 Å². The Labute approximate surface area is 151 Å². The molecule has 2 aromatic rings. The normalized spacial score (nSPS) is 18.1. The highest BCUT2D eigenvalue weighted by molar-refractivity contribution is 6.05. The summed E-state index contributed by atoms with van der Waals surface area (Å²) >= 11 is 0. The number of carbonyl (C=O) groups is 2. The molecule has 2 aliphatic rings. The summed E-state index contributed by atoms with van der Waals surface area (Å²) in [5.74, 6) is 0.880. The van der Waals surface area contributed by atoms with Gasteiger partial charge in [0.25, 0.3) is 5.91 Å². The Kier molecular flexibility index (Phi) is 4.20. The molecule has 0 saturated carbocycles. The Morgan fingerprint density at radius 1 is 1.23 bits per heavy atom. The van der Waals surface area contributed by atoms with E-state index in [0.29, 0.717) is 22.8 Å². The van der Waals surface area contributed by atoms with Gasteiger partial charge in [0.05, 0.1) is 13.2 Å². The molecule has 1 aromatic heterocycles. The molecule has 3 heterocycles. The number of ether oxygens (including phenoxy) is 1. The summed E-state index contributed by atoms with van der Waals surface area (Å²) in [6.45, 7) is 0.773. The van der Waals surface area contributed by atoms with Crippen molar-refractivity contribution < 1.29 is 14.3 Å². The molecule has 2 aliphatic heterocycles. The molecule has 7 heteroatoms. The minimum Gasteiger partial charge on any atom is -0.493 e. The molecule has 1 aromatic carbocycles. The van der Waals surface area contributed by atoms with Crippen molar-refractivity contribution >= 4 is 23.4 Å². The van der Waals surface area contributed by atoms with Crippen molar-refractivity contribution in [2.45, 2.75) is 25.3 Å². The van der Waals surface area contributed by atoms with Crippen molar-refractivity contribution in [2.24, 2.45) is 0 Å². The molecule has 3 amide bonds. The van der Waals surface area contributed by atoms with Crippen molar-refractivity contribution in [1.82, 2.24) is 9.88 Å². The number of rotatable bonds is 3. The minimum atomic E-state index is -0.419. The van der Waals surface area contributed by atoms with Crippen molar-refractivity contribution in [3.63, 3.8) is 0 Å². The molecule has 1 unspecified atom stereocenters. The first kappa shape index (κ1) is 16.4. The van der Waals surface area contributed by atoms with Gasteiger partial charge in [-0.15, -0.1) is 0 Å². The number of nitrogens with one attached hydrogen (secondary N) is 2. The van der Waals surface area contributed by atoms with Crippen molar-refractivity contribution in [3.05, 3.63) is 47.7 Å². The molecule has 0 bridgehead atoms. The zero-order valence-corrected chi connectivity index (χ0v) is 14.5. The summed E-state index contributed by atoms with van der Waals surface area (Å²) < 4.78 is 5.20. The Balaban J connectivity index is 1.58. The minimum absolute atomic E-state index is 0.0483. The topological polar surface area (TPSA) is 83.6 Å². The van der Waals surface area contributed by atoms with E-state index in [9.17, 15) is 9.59 Å². The lowest BCUT2D eigenvalue weighted by Crippen LogP contribution is -2.32. The number of aromatic nitrogens is 1. The molecule has 0 aliphatic carbocycles. The van der Waals surface area contributed by atoms with Crippen LogP contribution in [0.15, 0.2) is 36.5 Å². The second-order valence-electron chi connectivity index (χ2n) is 6.41. The van der Waals surface area contributed by atoms with Crippen molar-refractivity contribution in [2.75, 3.05) is 24.3 Å². The third-order valence-corrected chi connectivity index (χ3v) is 4.90. The molecule has 0 radical (unpaired) electrons. The van der Waals surface area contributed by atoms with Crippen molar-refractivity contribution in [3.8, 4) is 5.75 Å². The number of amides is 3. The Hall–Kier alpha value is -3.09. The van der Waals surface area contributed by atoms with Gasteiger partial charge in [-0.3, -0.25) is 10.1 Å². The molecule has 26 heavy (non-hydrogen) atoms. The van der Waals surface area contributed by atoms with Crippen LogP contribution >= 0.6 is 0 Å². The zero-order valence-electron chi connectivity index (χ0n) is 14.5. The van der Waals surface area contributed by atoms with E-state index in [0.717, 1.165) is 31.4 Å². The van der Waals surface area contributed by atoms with Gasteiger partial charge in [-0.2, -0.15) is 0 Å². The lowest BCUT2D eigenvalue weighted by Gasteiger charge is -2.30. The maximum atomic E-state index is 12.6. The quantitative estimate of drug-likeness (QED) is 0.887. The maximum absolute atomic E-state index is 12.6. The van der Waals surface area contributed by atoms with Crippen LogP contribution in [0.2, 0.25) is 0 Å². The molecular weight excluding hydrogens is 332 g/mol. The number of fused-ring (bicyclic) bond motifs is 3.